The van der Waals surface area contributed by atoms with Crippen molar-refractivity contribution in [3.63, 3.8) is 0 Å². The number of anilines is 2. The van der Waals surface area contributed by atoms with E-state index >= 15 is 0 Å². The Morgan fingerprint density at radius 1 is 1.03 bits per heavy atom. The van der Waals surface area contributed by atoms with E-state index < -0.39 is 16.1 Å². The largest absolute Gasteiger partial charge is 0.481 e. The summed E-state index contributed by atoms with van der Waals surface area (Å²) in [4.78, 5) is 15.2. The Balaban J connectivity index is 1.59. The van der Waals surface area contributed by atoms with Crippen molar-refractivity contribution >= 4 is 27.3 Å². The minimum atomic E-state index is -3.68. The zero-order valence-electron chi connectivity index (χ0n) is 18.2. The molecule has 2 aromatic rings. The minimum absolute atomic E-state index is 0.161. The van der Waals surface area contributed by atoms with Crippen molar-refractivity contribution in [1.82, 2.24) is 4.31 Å². The number of rotatable bonds is 7. The third-order valence-corrected chi connectivity index (χ3v) is 7.60. The van der Waals surface area contributed by atoms with E-state index in [0.29, 0.717) is 37.7 Å². The number of carbonyl (C=O) groups is 1. The van der Waals surface area contributed by atoms with Crippen LogP contribution in [0, 0.1) is 0 Å². The number of carbonyl (C=O) groups excluding carboxylic acids is 1. The summed E-state index contributed by atoms with van der Waals surface area (Å²) >= 11 is 0. The molecule has 2 aromatic carbocycles. The maximum absolute atomic E-state index is 13.2. The molecule has 32 heavy (non-hydrogen) atoms. The number of hydrogen-bond donors (Lipinski definition) is 1. The number of benzene rings is 2. The van der Waals surface area contributed by atoms with E-state index in [4.69, 9.17) is 9.47 Å². The highest BCUT2D eigenvalue weighted by molar-refractivity contribution is 7.89. The maximum atomic E-state index is 13.2. The molecular formula is C23H29N3O5S. The zero-order chi connectivity index (χ0) is 22.6. The van der Waals surface area contributed by atoms with Crippen LogP contribution in [0.5, 0.6) is 5.75 Å². The molecule has 0 aliphatic carbocycles. The van der Waals surface area contributed by atoms with Gasteiger partial charge in [0.15, 0.2) is 6.10 Å². The van der Waals surface area contributed by atoms with E-state index in [-0.39, 0.29) is 10.8 Å². The van der Waals surface area contributed by atoms with Gasteiger partial charge in [-0.1, -0.05) is 18.2 Å². The van der Waals surface area contributed by atoms with Gasteiger partial charge in [0.05, 0.1) is 29.5 Å². The molecule has 2 aliphatic rings. The summed E-state index contributed by atoms with van der Waals surface area (Å²) in [6.07, 6.45) is 1.38. The van der Waals surface area contributed by atoms with Gasteiger partial charge in [-0.15, -0.1) is 0 Å². The van der Waals surface area contributed by atoms with Gasteiger partial charge < -0.3 is 19.7 Å². The van der Waals surface area contributed by atoms with Gasteiger partial charge in [0.1, 0.15) is 5.75 Å². The molecule has 0 saturated carbocycles. The van der Waals surface area contributed by atoms with E-state index in [2.05, 4.69) is 10.2 Å². The molecular weight excluding hydrogens is 430 g/mol. The first-order valence-electron chi connectivity index (χ1n) is 10.9. The molecule has 0 bridgehead atoms. The normalized spacial score (nSPS) is 18.3. The van der Waals surface area contributed by atoms with Crippen molar-refractivity contribution in [3.8, 4) is 5.75 Å². The fourth-order valence-corrected chi connectivity index (χ4v) is 5.37. The van der Waals surface area contributed by atoms with Crippen LogP contribution >= 0.6 is 0 Å². The molecule has 4 rings (SSSR count). The van der Waals surface area contributed by atoms with Gasteiger partial charge in [-0.25, -0.2) is 8.42 Å². The van der Waals surface area contributed by atoms with Gasteiger partial charge in [0.2, 0.25) is 10.0 Å². The van der Waals surface area contributed by atoms with Crippen LogP contribution in [0.4, 0.5) is 11.4 Å². The Hall–Kier alpha value is -2.62. The highest BCUT2D eigenvalue weighted by atomic mass is 32.2. The second-order valence-corrected chi connectivity index (χ2v) is 9.89. The smallest absolute Gasteiger partial charge is 0.265 e. The molecule has 0 radical (unpaired) electrons. The number of morpholine rings is 1. The second kappa shape index (κ2) is 9.89. The standard InChI is InChI=1S/C23H29N3O5S/c1-18(31-19-7-3-2-4-8-19)23(27)24-21-17-20(9-10-22(21)25-11-5-6-12-25)32(28,29)26-13-15-30-16-14-26/h2-4,7-10,17-18H,5-6,11-16H2,1H3,(H,24,27). The predicted octanol–water partition coefficient (Wildman–Crippen LogP) is 2.71. The predicted molar refractivity (Wildman–Crippen MR) is 123 cm³/mol. The number of hydrogen-bond acceptors (Lipinski definition) is 6. The number of para-hydroxylation sites is 1. The lowest BCUT2D eigenvalue weighted by atomic mass is 10.2. The lowest BCUT2D eigenvalue weighted by Gasteiger charge is -2.27. The fourth-order valence-electron chi connectivity index (χ4n) is 3.94. The quantitative estimate of drug-likeness (QED) is 0.685. The average Bonchev–Trinajstić information content (AvgIpc) is 3.35. The van der Waals surface area contributed by atoms with E-state index in [0.717, 1.165) is 31.6 Å². The van der Waals surface area contributed by atoms with E-state index in [9.17, 15) is 13.2 Å². The lowest BCUT2D eigenvalue weighted by Crippen LogP contribution is -2.40. The summed E-state index contributed by atoms with van der Waals surface area (Å²) in [6.45, 7) is 4.81. The topological polar surface area (TPSA) is 88.2 Å². The van der Waals surface area contributed by atoms with Gasteiger partial charge >= 0.3 is 0 Å². The molecule has 2 aliphatic heterocycles. The molecule has 0 spiro atoms. The van der Waals surface area contributed by atoms with Crippen LogP contribution in [0.1, 0.15) is 19.8 Å². The third kappa shape index (κ3) is 5.06. The molecule has 1 amide bonds. The summed E-state index contributed by atoms with van der Waals surface area (Å²) in [5.41, 5.74) is 1.30. The second-order valence-electron chi connectivity index (χ2n) is 7.95. The highest BCUT2D eigenvalue weighted by Gasteiger charge is 2.28. The van der Waals surface area contributed by atoms with Gasteiger partial charge in [0, 0.05) is 26.2 Å². The molecule has 2 saturated heterocycles. The molecule has 172 valence electrons. The number of sulfonamides is 1. The van der Waals surface area contributed by atoms with Crippen molar-refractivity contribution in [2.24, 2.45) is 0 Å². The number of nitrogens with zero attached hydrogens (tertiary/aromatic N) is 2. The summed E-state index contributed by atoms with van der Waals surface area (Å²) in [5, 5.41) is 2.91. The first-order chi connectivity index (χ1) is 15.4. The van der Waals surface area contributed by atoms with Crippen LogP contribution in [-0.2, 0) is 19.6 Å². The third-order valence-electron chi connectivity index (χ3n) is 5.71. The molecule has 1 N–H and O–H groups in total. The molecule has 1 unspecified atom stereocenters. The molecule has 2 fully saturated rings. The van der Waals surface area contributed by atoms with Crippen LogP contribution in [0.25, 0.3) is 0 Å². The maximum Gasteiger partial charge on any atom is 0.265 e. The first kappa shape index (κ1) is 22.6. The Morgan fingerprint density at radius 3 is 2.41 bits per heavy atom. The summed E-state index contributed by atoms with van der Waals surface area (Å²) in [5.74, 6) is 0.258. The van der Waals surface area contributed by atoms with Crippen molar-refractivity contribution in [1.29, 1.82) is 0 Å². The van der Waals surface area contributed by atoms with Crippen molar-refractivity contribution in [3.05, 3.63) is 48.5 Å². The molecule has 8 nitrogen and oxygen atoms in total. The number of amides is 1. The monoisotopic (exact) mass is 459 g/mol. The van der Waals surface area contributed by atoms with E-state index in [1.54, 1.807) is 37.3 Å². The van der Waals surface area contributed by atoms with Gasteiger partial charge in [-0.3, -0.25) is 4.79 Å². The lowest BCUT2D eigenvalue weighted by molar-refractivity contribution is -0.122. The van der Waals surface area contributed by atoms with Gasteiger partial charge in [-0.05, 0) is 50.1 Å². The summed E-state index contributed by atoms with van der Waals surface area (Å²) < 4.78 is 38.8. The van der Waals surface area contributed by atoms with Crippen LogP contribution < -0.4 is 15.0 Å². The Kier molecular flexibility index (Phi) is 6.98. The Bertz CT molecular complexity index is 1030. The van der Waals surface area contributed by atoms with E-state index in [1.807, 2.05) is 18.2 Å². The van der Waals surface area contributed by atoms with Crippen LogP contribution in [0.2, 0.25) is 0 Å². The highest BCUT2D eigenvalue weighted by Crippen LogP contribution is 2.32. The summed E-state index contributed by atoms with van der Waals surface area (Å²) in [7, 11) is -3.68. The molecule has 2 heterocycles. The number of nitrogens with one attached hydrogen (secondary N) is 1. The minimum Gasteiger partial charge on any atom is -0.481 e. The van der Waals surface area contributed by atoms with Crippen LogP contribution in [0.3, 0.4) is 0 Å². The molecule has 1 atom stereocenters. The Labute approximate surface area is 189 Å². The van der Waals surface area contributed by atoms with E-state index in [1.165, 1.54) is 4.31 Å². The molecule has 0 aromatic heterocycles. The number of ether oxygens (including phenoxy) is 2. The fraction of sp³-hybridized carbons (Fsp3) is 0.435. The SMILES string of the molecule is CC(Oc1ccccc1)C(=O)Nc1cc(S(=O)(=O)N2CCOCC2)ccc1N1CCCC1. The van der Waals surface area contributed by atoms with Crippen molar-refractivity contribution in [2.75, 3.05) is 49.6 Å². The Morgan fingerprint density at radius 2 is 1.72 bits per heavy atom. The van der Waals surface area contributed by atoms with Crippen LogP contribution in [-0.4, -0.2) is 64.1 Å². The molecule has 9 heteroatoms. The van der Waals surface area contributed by atoms with Crippen LogP contribution in [0.15, 0.2) is 53.4 Å². The van der Waals surface area contributed by atoms with Crippen molar-refractivity contribution < 1.29 is 22.7 Å². The van der Waals surface area contributed by atoms with Gasteiger partial charge in [-0.2, -0.15) is 4.31 Å². The van der Waals surface area contributed by atoms with Crippen molar-refractivity contribution in [2.45, 2.75) is 30.8 Å². The zero-order valence-corrected chi connectivity index (χ0v) is 19.0. The average molecular weight is 460 g/mol. The van der Waals surface area contributed by atoms with Gasteiger partial charge in [0.25, 0.3) is 5.91 Å². The first-order valence-corrected chi connectivity index (χ1v) is 12.4. The summed E-state index contributed by atoms with van der Waals surface area (Å²) in [6, 6.07) is 14.1.